The summed E-state index contributed by atoms with van der Waals surface area (Å²) in [6.07, 6.45) is 1.90. The van der Waals surface area contributed by atoms with Crippen LogP contribution in [0, 0.1) is 0 Å². The van der Waals surface area contributed by atoms with E-state index in [9.17, 15) is 8.42 Å². The molecule has 0 saturated carbocycles. The van der Waals surface area contributed by atoms with Gasteiger partial charge in [0.2, 0.25) is 0 Å². The number of nitrogens with zero attached hydrogens (tertiary/aromatic N) is 1. The highest BCUT2D eigenvalue weighted by atomic mass is 32.2. The average Bonchev–Trinajstić information content (AvgIpc) is 2.19. The second-order valence-electron chi connectivity index (χ2n) is 3.81. The summed E-state index contributed by atoms with van der Waals surface area (Å²) in [5, 5.41) is -0.144. The predicted octanol–water partition coefficient (Wildman–Crippen LogP) is 0.905. The van der Waals surface area contributed by atoms with Crippen LogP contribution in [0.2, 0.25) is 0 Å². The van der Waals surface area contributed by atoms with E-state index in [2.05, 4.69) is 11.8 Å². The summed E-state index contributed by atoms with van der Waals surface area (Å²) in [5.41, 5.74) is 0. The average molecular weight is 205 g/mol. The van der Waals surface area contributed by atoms with Crippen LogP contribution in [0.25, 0.3) is 0 Å². The zero-order valence-electron chi connectivity index (χ0n) is 8.49. The van der Waals surface area contributed by atoms with Crippen molar-refractivity contribution in [3.05, 3.63) is 0 Å². The van der Waals surface area contributed by atoms with Crippen LogP contribution in [0.15, 0.2) is 0 Å². The maximum atomic E-state index is 11.5. The molecule has 0 bridgehead atoms. The first-order chi connectivity index (χ1) is 6.06. The zero-order chi connectivity index (χ0) is 9.90. The maximum absolute atomic E-state index is 11.5. The van der Waals surface area contributed by atoms with Crippen LogP contribution in [0.3, 0.4) is 0 Å². The molecule has 1 rings (SSSR count). The molecule has 3 nitrogen and oxygen atoms in total. The molecule has 78 valence electrons. The lowest BCUT2D eigenvalue weighted by Crippen LogP contribution is -2.27. The van der Waals surface area contributed by atoms with Crippen molar-refractivity contribution < 1.29 is 8.42 Å². The Balaban J connectivity index is 2.57. The topological polar surface area (TPSA) is 37.4 Å². The SMILES string of the molecule is CCCN1CCC(C)S(=O)(=O)CC1. The predicted molar refractivity (Wildman–Crippen MR) is 54.6 cm³/mol. The molecular formula is C9H19NO2S. The molecule has 0 radical (unpaired) electrons. The van der Waals surface area contributed by atoms with Crippen molar-refractivity contribution in [1.29, 1.82) is 0 Å². The third kappa shape index (κ3) is 2.95. The minimum Gasteiger partial charge on any atom is -0.302 e. The number of hydrogen-bond acceptors (Lipinski definition) is 3. The third-order valence-electron chi connectivity index (χ3n) is 2.70. The molecule has 1 saturated heterocycles. The fourth-order valence-corrected chi connectivity index (χ4v) is 3.03. The smallest absolute Gasteiger partial charge is 0.154 e. The van der Waals surface area contributed by atoms with Crippen LogP contribution in [-0.2, 0) is 9.84 Å². The highest BCUT2D eigenvalue weighted by Gasteiger charge is 2.25. The Bertz CT molecular complexity index is 248. The highest BCUT2D eigenvalue weighted by Crippen LogP contribution is 2.12. The van der Waals surface area contributed by atoms with E-state index >= 15 is 0 Å². The molecule has 13 heavy (non-hydrogen) atoms. The van der Waals surface area contributed by atoms with Crippen LogP contribution in [0.4, 0.5) is 0 Å². The normalized spacial score (nSPS) is 29.8. The number of sulfone groups is 1. The summed E-state index contributed by atoms with van der Waals surface area (Å²) >= 11 is 0. The molecule has 0 spiro atoms. The third-order valence-corrected chi connectivity index (χ3v) is 4.91. The van der Waals surface area contributed by atoms with Crippen LogP contribution in [0.5, 0.6) is 0 Å². The van der Waals surface area contributed by atoms with Gasteiger partial charge in [-0.25, -0.2) is 8.42 Å². The molecule has 1 heterocycles. The quantitative estimate of drug-likeness (QED) is 0.672. The van der Waals surface area contributed by atoms with Gasteiger partial charge in [0.1, 0.15) is 0 Å². The van der Waals surface area contributed by atoms with Gasteiger partial charge >= 0.3 is 0 Å². The van der Waals surface area contributed by atoms with E-state index in [-0.39, 0.29) is 5.25 Å². The highest BCUT2D eigenvalue weighted by molar-refractivity contribution is 7.92. The van der Waals surface area contributed by atoms with Crippen molar-refractivity contribution in [2.24, 2.45) is 0 Å². The van der Waals surface area contributed by atoms with Crippen molar-refractivity contribution >= 4 is 9.84 Å². The molecule has 1 aliphatic rings. The molecule has 0 aromatic rings. The van der Waals surface area contributed by atoms with E-state index in [0.717, 1.165) is 32.5 Å². The van der Waals surface area contributed by atoms with E-state index in [1.807, 2.05) is 6.92 Å². The second-order valence-corrected chi connectivity index (χ2v) is 6.35. The van der Waals surface area contributed by atoms with Crippen molar-refractivity contribution in [1.82, 2.24) is 4.90 Å². The summed E-state index contributed by atoms with van der Waals surface area (Å²) in [7, 11) is -2.79. The van der Waals surface area contributed by atoms with E-state index in [1.165, 1.54) is 0 Å². The number of rotatable bonds is 2. The van der Waals surface area contributed by atoms with E-state index in [4.69, 9.17) is 0 Å². The van der Waals surface area contributed by atoms with Gasteiger partial charge in [-0.15, -0.1) is 0 Å². The fraction of sp³-hybridized carbons (Fsp3) is 1.00. The molecule has 0 aromatic heterocycles. The molecule has 4 heteroatoms. The van der Waals surface area contributed by atoms with Gasteiger partial charge in [-0.2, -0.15) is 0 Å². The van der Waals surface area contributed by atoms with Crippen LogP contribution >= 0.6 is 0 Å². The van der Waals surface area contributed by atoms with Gasteiger partial charge in [-0.05, 0) is 32.9 Å². The molecular weight excluding hydrogens is 186 g/mol. The first-order valence-electron chi connectivity index (χ1n) is 5.00. The largest absolute Gasteiger partial charge is 0.302 e. The Labute approximate surface area is 81.0 Å². The zero-order valence-corrected chi connectivity index (χ0v) is 9.31. The standard InChI is InChI=1S/C9H19NO2S/c1-3-5-10-6-4-9(2)13(11,12)8-7-10/h9H,3-8H2,1-2H3. The Kier molecular flexibility index (Phi) is 3.74. The van der Waals surface area contributed by atoms with Gasteiger partial charge in [-0.3, -0.25) is 0 Å². The monoisotopic (exact) mass is 205 g/mol. The van der Waals surface area contributed by atoms with E-state index < -0.39 is 9.84 Å². The first-order valence-corrected chi connectivity index (χ1v) is 6.71. The van der Waals surface area contributed by atoms with Crippen LogP contribution in [0.1, 0.15) is 26.7 Å². The lowest BCUT2D eigenvalue weighted by Gasteiger charge is -2.17. The molecule has 1 fully saturated rings. The summed E-state index contributed by atoms with van der Waals surface area (Å²) in [5.74, 6) is 0.341. The minimum absolute atomic E-state index is 0.144. The first kappa shape index (κ1) is 11.0. The van der Waals surface area contributed by atoms with Crippen molar-refractivity contribution in [2.45, 2.75) is 31.9 Å². The lowest BCUT2D eigenvalue weighted by molar-refractivity contribution is 0.292. The summed E-state index contributed by atoms with van der Waals surface area (Å²) in [4.78, 5) is 2.25. The summed E-state index contributed by atoms with van der Waals surface area (Å²) in [6.45, 7) is 6.64. The molecule has 0 aromatic carbocycles. The van der Waals surface area contributed by atoms with Gasteiger partial charge in [-0.1, -0.05) is 6.92 Å². The minimum atomic E-state index is -2.79. The van der Waals surface area contributed by atoms with Gasteiger partial charge in [0, 0.05) is 6.54 Å². The maximum Gasteiger partial charge on any atom is 0.154 e. The van der Waals surface area contributed by atoms with Gasteiger partial charge < -0.3 is 4.90 Å². The molecule has 0 aliphatic carbocycles. The van der Waals surface area contributed by atoms with Crippen molar-refractivity contribution in [3.8, 4) is 0 Å². The molecule has 1 aliphatic heterocycles. The Hall–Kier alpha value is -0.0900. The van der Waals surface area contributed by atoms with Crippen LogP contribution < -0.4 is 0 Å². The van der Waals surface area contributed by atoms with Gasteiger partial charge in [0.05, 0.1) is 11.0 Å². The van der Waals surface area contributed by atoms with Crippen molar-refractivity contribution in [2.75, 3.05) is 25.4 Å². The fourth-order valence-electron chi connectivity index (χ4n) is 1.65. The lowest BCUT2D eigenvalue weighted by atomic mass is 10.3. The second kappa shape index (κ2) is 4.42. The Morgan fingerprint density at radius 2 is 2.08 bits per heavy atom. The summed E-state index contributed by atoms with van der Waals surface area (Å²) in [6, 6.07) is 0. The number of hydrogen-bond donors (Lipinski definition) is 0. The molecule has 1 unspecified atom stereocenters. The Morgan fingerprint density at radius 1 is 1.38 bits per heavy atom. The van der Waals surface area contributed by atoms with Gasteiger partial charge in [0.25, 0.3) is 0 Å². The van der Waals surface area contributed by atoms with Gasteiger partial charge in [0.15, 0.2) is 9.84 Å². The van der Waals surface area contributed by atoms with E-state index in [0.29, 0.717) is 5.75 Å². The van der Waals surface area contributed by atoms with E-state index in [1.54, 1.807) is 0 Å². The Morgan fingerprint density at radius 3 is 2.69 bits per heavy atom. The summed E-state index contributed by atoms with van der Waals surface area (Å²) < 4.78 is 23.0. The molecule has 1 atom stereocenters. The molecule has 0 N–H and O–H groups in total. The molecule has 0 amide bonds. The van der Waals surface area contributed by atoms with Crippen LogP contribution in [-0.4, -0.2) is 44.0 Å². The van der Waals surface area contributed by atoms with Crippen molar-refractivity contribution in [3.63, 3.8) is 0 Å².